The molecule has 0 spiro atoms. The summed E-state index contributed by atoms with van der Waals surface area (Å²) in [7, 11) is 4.26. The number of aliphatic hydroxyl groups excluding tert-OH is 3. The molecule has 3 heterocycles. The lowest BCUT2D eigenvalue weighted by Gasteiger charge is -2.42. The Hall–Kier alpha value is -9.41. The van der Waals surface area contributed by atoms with Crippen molar-refractivity contribution in [2.45, 2.75) is 115 Å². The van der Waals surface area contributed by atoms with E-state index >= 15 is 0 Å². The van der Waals surface area contributed by atoms with Crippen molar-refractivity contribution in [2.75, 3.05) is 16.0 Å². The molecule has 3 aromatic heterocycles. The third-order valence-electron chi connectivity index (χ3n) is 15.6. The molecule has 3 aliphatic rings. The molecule has 6 aromatic rings. The van der Waals surface area contributed by atoms with Crippen molar-refractivity contribution in [3.8, 4) is 18.2 Å². The number of carboxylic acids is 1. The smallest absolute Gasteiger partial charge is 0.378 e. The molecule has 0 radical (unpaired) electrons. The quantitative estimate of drug-likeness (QED) is 0.0368. The number of nitrogens with one attached hydrogen (secondary N) is 5. The van der Waals surface area contributed by atoms with Crippen LogP contribution in [0.25, 0.3) is 0 Å². The number of Topliss-reactive ketones (excluding diaryl/α,β-unsaturated/α-hetero) is 3. The molecule has 11 N–H and O–H groups in total. The van der Waals surface area contributed by atoms with Gasteiger partial charge < -0.3 is 66.4 Å². The number of aliphatic hydroxyl groups is 3. The highest BCUT2D eigenvalue weighted by atomic mass is 35.5. The van der Waals surface area contributed by atoms with E-state index in [1.807, 2.05) is 6.92 Å². The molecule has 0 unspecified atom stereocenters. The van der Waals surface area contributed by atoms with Gasteiger partial charge in [-0.2, -0.15) is 15.8 Å². The Morgan fingerprint density at radius 3 is 0.968 bits per heavy atom. The number of carbonyl (C=O) groups is 9. The van der Waals surface area contributed by atoms with Gasteiger partial charge in [-0.15, -0.1) is 12.4 Å². The van der Waals surface area contributed by atoms with Crippen LogP contribution in [0.3, 0.4) is 0 Å². The van der Waals surface area contributed by atoms with Gasteiger partial charge in [-0.05, 0) is 151 Å². The Bertz CT molecular complexity index is 4100. The monoisotopic (exact) mass is 1390 g/mol. The Labute approximate surface area is 561 Å². The van der Waals surface area contributed by atoms with Gasteiger partial charge in [0.2, 0.25) is 0 Å². The fourth-order valence-electron chi connectivity index (χ4n) is 10.9. The minimum atomic E-state index is -1.68. The molecule has 9 rings (SSSR count). The number of carboxylic acid groups (broad SMARTS) is 1. The molecular formula is C63H63Cl4F3N12O13. The van der Waals surface area contributed by atoms with Crippen LogP contribution in [0.15, 0.2) is 54.6 Å². The Balaban J connectivity index is 0.000000245. The van der Waals surface area contributed by atoms with Gasteiger partial charge in [-0.3, -0.25) is 38.4 Å². The number of hydrogen-bond acceptors (Lipinski definition) is 16. The first kappa shape index (κ1) is 76.3. The standard InChI is InChI=1S/2C21H20ClFN4O4.C16H11ClFN3O4.C5H11NO.ClH/c2*1-10-15(19(30)25-12-4-5-14(23)11(6-12)9-24)18(22)27(3)16(10)17(29)20(31)26-21(2)7-13(28)8-21;1-7-11(14(17)21(2)12(7)13(22)16(24)25)15(23)20-9-3-4-10(18)8(5-9)6-19;1-5(6)2-4(7)3-5;/h2*4-6,13,28H,7-8H2,1-3H3,(H,25,30)(H,26,31);3-5H,1-2H3,(H,20,23)(H,24,25);4,7H,2-3,6H2,1H3;1H. The fraction of sp³-hybridized carbons (Fsp3) is 0.333. The van der Waals surface area contributed by atoms with Gasteiger partial charge in [0.05, 0.1) is 63.1 Å². The summed E-state index contributed by atoms with van der Waals surface area (Å²) in [5, 5.41) is 75.7. The molecular weight excluding hydrogens is 1330 g/mol. The van der Waals surface area contributed by atoms with Crippen LogP contribution in [0.1, 0.15) is 155 Å². The lowest BCUT2D eigenvalue weighted by atomic mass is 9.76. The summed E-state index contributed by atoms with van der Waals surface area (Å²) in [5.41, 5.74) is 3.96. The van der Waals surface area contributed by atoms with Gasteiger partial charge in [0.15, 0.2) is 0 Å². The fourth-order valence-corrected chi connectivity index (χ4v) is 11.9. The van der Waals surface area contributed by atoms with Crippen LogP contribution in [0.2, 0.25) is 15.5 Å². The number of nitriles is 3. The third kappa shape index (κ3) is 17.1. The van der Waals surface area contributed by atoms with E-state index in [4.69, 9.17) is 66.5 Å². The van der Waals surface area contributed by atoms with Crippen molar-refractivity contribution < 1.29 is 76.7 Å². The van der Waals surface area contributed by atoms with Gasteiger partial charge >= 0.3 is 5.97 Å². The molecule has 3 aliphatic carbocycles. The number of amides is 5. The number of nitrogens with two attached hydrogens (primary N) is 1. The predicted octanol–water partition coefficient (Wildman–Crippen LogP) is 7.72. The highest BCUT2D eigenvalue weighted by molar-refractivity contribution is 6.45. The normalized spacial score (nSPS) is 19.4. The van der Waals surface area contributed by atoms with E-state index in [-0.39, 0.29) is 124 Å². The summed E-state index contributed by atoms with van der Waals surface area (Å²) in [5.74, 6) is -10.6. The number of carbonyl (C=O) groups excluding carboxylic acids is 8. The van der Waals surface area contributed by atoms with Crippen molar-refractivity contribution in [1.29, 1.82) is 15.8 Å². The molecule has 502 valence electrons. The van der Waals surface area contributed by atoms with Crippen molar-refractivity contribution in [3.05, 3.63) is 155 Å². The molecule has 0 aliphatic heterocycles. The average Bonchev–Trinajstić information content (AvgIpc) is 1.66. The first-order valence-corrected chi connectivity index (χ1v) is 29.3. The van der Waals surface area contributed by atoms with E-state index in [0.29, 0.717) is 25.7 Å². The number of ketones is 3. The van der Waals surface area contributed by atoms with Crippen molar-refractivity contribution >= 4 is 117 Å². The van der Waals surface area contributed by atoms with Crippen molar-refractivity contribution in [2.24, 2.45) is 26.9 Å². The second-order valence-electron chi connectivity index (χ2n) is 23.5. The molecule has 3 aromatic carbocycles. The minimum Gasteiger partial charge on any atom is -0.475 e. The van der Waals surface area contributed by atoms with Gasteiger partial charge in [-0.1, -0.05) is 34.8 Å². The Morgan fingerprint density at radius 1 is 0.505 bits per heavy atom. The van der Waals surface area contributed by atoms with E-state index < -0.39 is 93.6 Å². The zero-order valence-corrected chi connectivity index (χ0v) is 55.2. The van der Waals surface area contributed by atoms with Gasteiger partial charge in [0.1, 0.15) is 56.8 Å². The van der Waals surface area contributed by atoms with Crippen molar-refractivity contribution in [3.63, 3.8) is 0 Å². The van der Waals surface area contributed by atoms with E-state index in [2.05, 4.69) is 26.6 Å². The summed E-state index contributed by atoms with van der Waals surface area (Å²) in [6.45, 7) is 9.78. The summed E-state index contributed by atoms with van der Waals surface area (Å²) in [6.07, 6.45) is 1.76. The van der Waals surface area contributed by atoms with Gasteiger partial charge in [0.25, 0.3) is 46.9 Å². The topological polar surface area (TPSA) is 407 Å². The first-order chi connectivity index (χ1) is 43.7. The maximum Gasteiger partial charge on any atom is 0.378 e. The minimum absolute atomic E-state index is 0. The SMILES string of the molecule is CC1(N)CC(O)C1.Cc1c(C(=O)Nc2ccc(F)c(C#N)c2)c(Cl)n(C)c1C(=O)C(=O)NC1(C)CC(O)C1.Cc1c(C(=O)Nc2ccc(F)c(C#N)c2)c(Cl)n(C)c1C(=O)C(=O)NC1(C)CC(O)C1.Cc1c(C(=O)Nc2ccc(F)c(C#N)c2)c(Cl)n(C)c1C(=O)C(=O)O.Cl. The molecule has 32 heteroatoms. The van der Waals surface area contributed by atoms with Crippen LogP contribution in [0, 0.1) is 72.2 Å². The number of aromatic nitrogens is 3. The predicted molar refractivity (Wildman–Crippen MR) is 342 cm³/mol. The summed E-state index contributed by atoms with van der Waals surface area (Å²) in [6, 6.07) is 15.4. The van der Waals surface area contributed by atoms with Crippen LogP contribution in [-0.2, 0) is 35.5 Å². The summed E-state index contributed by atoms with van der Waals surface area (Å²) < 4.78 is 43.9. The van der Waals surface area contributed by atoms with Crippen LogP contribution in [0.5, 0.6) is 0 Å². The Morgan fingerprint density at radius 2 is 0.758 bits per heavy atom. The molecule has 0 saturated heterocycles. The Kier molecular flexibility index (Phi) is 24.4. The number of aliphatic carboxylic acids is 1. The lowest BCUT2D eigenvalue weighted by molar-refractivity contribution is -0.132. The average molecular weight is 1400 g/mol. The van der Waals surface area contributed by atoms with E-state index in [0.717, 1.165) is 41.7 Å². The van der Waals surface area contributed by atoms with Crippen LogP contribution in [-0.4, -0.2) is 122 Å². The highest BCUT2D eigenvalue weighted by Gasteiger charge is 2.44. The van der Waals surface area contributed by atoms with Crippen LogP contribution in [0.4, 0.5) is 30.2 Å². The zero-order valence-electron chi connectivity index (χ0n) is 52.1. The number of halogens is 7. The number of nitrogens with zero attached hydrogens (tertiary/aromatic N) is 6. The molecule has 5 amide bonds. The molecule has 3 saturated carbocycles. The third-order valence-corrected chi connectivity index (χ3v) is 17.0. The molecule has 0 bridgehead atoms. The molecule has 25 nitrogen and oxygen atoms in total. The second-order valence-corrected chi connectivity index (χ2v) is 24.6. The summed E-state index contributed by atoms with van der Waals surface area (Å²) >= 11 is 18.6. The van der Waals surface area contributed by atoms with Crippen LogP contribution < -0.4 is 32.3 Å². The number of hydrogen-bond donors (Lipinski definition) is 10. The lowest BCUT2D eigenvalue weighted by Crippen LogP contribution is -2.58. The largest absolute Gasteiger partial charge is 0.475 e. The number of rotatable bonds is 14. The summed E-state index contributed by atoms with van der Waals surface area (Å²) in [4.78, 5) is 111. The zero-order chi connectivity index (χ0) is 70.5. The highest BCUT2D eigenvalue weighted by Crippen LogP contribution is 2.35. The number of anilines is 3. The molecule has 0 atom stereocenters. The number of benzene rings is 3. The molecule has 95 heavy (non-hydrogen) atoms. The van der Waals surface area contributed by atoms with Crippen LogP contribution >= 0.6 is 47.2 Å². The molecule has 3 fully saturated rings. The maximum absolute atomic E-state index is 13.5. The second kappa shape index (κ2) is 30.3. The van der Waals surface area contributed by atoms with E-state index in [1.54, 1.807) is 32.1 Å². The van der Waals surface area contributed by atoms with Crippen molar-refractivity contribution in [1.82, 2.24) is 24.3 Å². The maximum atomic E-state index is 13.5. The van der Waals surface area contributed by atoms with E-state index in [1.165, 1.54) is 81.4 Å². The van der Waals surface area contributed by atoms with Gasteiger partial charge in [0, 0.05) is 54.8 Å². The van der Waals surface area contributed by atoms with E-state index in [9.17, 15) is 66.5 Å². The van der Waals surface area contributed by atoms with Gasteiger partial charge in [-0.25, -0.2) is 18.0 Å². The first-order valence-electron chi connectivity index (χ1n) is 28.1.